The number of hydrogen-bond acceptors (Lipinski definition) is 6. The molecule has 2 aromatic heterocycles. The summed E-state index contributed by atoms with van der Waals surface area (Å²) in [6.07, 6.45) is 1.47. The Labute approximate surface area is 142 Å². The quantitative estimate of drug-likeness (QED) is 0.674. The van der Waals surface area contributed by atoms with E-state index in [0.29, 0.717) is 34.5 Å². The van der Waals surface area contributed by atoms with Crippen molar-refractivity contribution >= 4 is 22.5 Å². The Balaban J connectivity index is 1.77. The molecule has 0 aliphatic carbocycles. The van der Waals surface area contributed by atoms with Gasteiger partial charge in [-0.15, -0.1) is 0 Å². The standard InChI is InChI=1S/C17H17N5O3/c1-10-14(11(2)23)9-19-17(20-10)18-7-8-22-16(25)13-6-4-3-5-12(13)15(24)21-22/h3-6,9H,7-8H2,1-2H3,(H,21,24)(H,18,19,20). The molecule has 0 saturated heterocycles. The van der Waals surface area contributed by atoms with Crippen LogP contribution in [0.3, 0.4) is 0 Å². The first-order chi connectivity index (χ1) is 12.0. The lowest BCUT2D eigenvalue weighted by Crippen LogP contribution is -2.32. The van der Waals surface area contributed by atoms with Gasteiger partial charge in [0.25, 0.3) is 11.1 Å². The molecule has 8 nitrogen and oxygen atoms in total. The average molecular weight is 339 g/mol. The molecular formula is C17H17N5O3. The van der Waals surface area contributed by atoms with Crippen LogP contribution in [-0.2, 0) is 6.54 Å². The monoisotopic (exact) mass is 339 g/mol. The zero-order valence-electron chi connectivity index (χ0n) is 13.9. The van der Waals surface area contributed by atoms with Crippen LogP contribution >= 0.6 is 0 Å². The number of nitrogens with one attached hydrogen (secondary N) is 2. The molecule has 0 saturated carbocycles. The Morgan fingerprint density at radius 2 is 1.96 bits per heavy atom. The molecule has 0 spiro atoms. The minimum Gasteiger partial charge on any atom is -0.352 e. The number of aromatic nitrogens is 4. The van der Waals surface area contributed by atoms with Gasteiger partial charge in [-0.3, -0.25) is 19.5 Å². The third-order valence-corrected chi connectivity index (χ3v) is 3.86. The van der Waals surface area contributed by atoms with Crippen LogP contribution in [-0.4, -0.2) is 32.1 Å². The number of ketones is 1. The van der Waals surface area contributed by atoms with E-state index in [9.17, 15) is 14.4 Å². The largest absolute Gasteiger partial charge is 0.352 e. The van der Waals surface area contributed by atoms with Crippen LogP contribution in [0.25, 0.3) is 10.8 Å². The summed E-state index contributed by atoms with van der Waals surface area (Å²) < 4.78 is 1.26. The molecule has 2 heterocycles. The average Bonchev–Trinajstić information content (AvgIpc) is 2.59. The molecule has 0 radical (unpaired) electrons. The summed E-state index contributed by atoms with van der Waals surface area (Å²) in [6.45, 7) is 3.78. The number of carbonyl (C=O) groups is 1. The van der Waals surface area contributed by atoms with Gasteiger partial charge in [0, 0.05) is 12.7 Å². The summed E-state index contributed by atoms with van der Waals surface area (Å²) in [4.78, 5) is 44.1. The van der Waals surface area contributed by atoms with Crippen molar-refractivity contribution < 1.29 is 4.79 Å². The number of rotatable bonds is 5. The Morgan fingerprint density at radius 1 is 1.24 bits per heavy atom. The number of nitrogens with zero attached hydrogens (tertiary/aromatic N) is 3. The number of carbonyl (C=O) groups excluding carboxylic acids is 1. The fourth-order valence-corrected chi connectivity index (χ4v) is 2.58. The van der Waals surface area contributed by atoms with E-state index in [1.807, 2.05) is 0 Å². The first kappa shape index (κ1) is 16.6. The van der Waals surface area contributed by atoms with Gasteiger partial charge in [0.1, 0.15) is 0 Å². The first-order valence-corrected chi connectivity index (χ1v) is 7.77. The number of aromatic amines is 1. The van der Waals surface area contributed by atoms with E-state index in [2.05, 4.69) is 20.4 Å². The SMILES string of the molecule is CC(=O)c1cnc(NCCn2[nH]c(=O)c3ccccc3c2=O)nc1C. The van der Waals surface area contributed by atoms with Gasteiger partial charge in [-0.25, -0.2) is 14.6 Å². The second kappa shape index (κ2) is 6.68. The summed E-state index contributed by atoms with van der Waals surface area (Å²) in [7, 11) is 0. The number of fused-ring (bicyclic) bond motifs is 1. The Bertz CT molecular complexity index is 1070. The van der Waals surface area contributed by atoms with E-state index < -0.39 is 0 Å². The van der Waals surface area contributed by atoms with Crippen molar-refractivity contribution in [2.75, 3.05) is 11.9 Å². The molecule has 0 fully saturated rings. The third-order valence-electron chi connectivity index (χ3n) is 3.86. The molecule has 3 rings (SSSR count). The summed E-state index contributed by atoms with van der Waals surface area (Å²) in [5, 5.41) is 6.29. The fraction of sp³-hybridized carbons (Fsp3) is 0.235. The molecule has 0 aliphatic rings. The molecule has 3 aromatic rings. The third kappa shape index (κ3) is 3.32. The first-order valence-electron chi connectivity index (χ1n) is 7.77. The van der Waals surface area contributed by atoms with Gasteiger partial charge in [-0.05, 0) is 26.0 Å². The highest BCUT2D eigenvalue weighted by atomic mass is 16.2. The maximum atomic E-state index is 12.4. The van der Waals surface area contributed by atoms with Gasteiger partial charge in [0.15, 0.2) is 5.78 Å². The van der Waals surface area contributed by atoms with Gasteiger partial charge in [-0.2, -0.15) is 0 Å². The van der Waals surface area contributed by atoms with Crippen molar-refractivity contribution in [3.8, 4) is 0 Å². The maximum Gasteiger partial charge on any atom is 0.273 e. The van der Waals surface area contributed by atoms with Gasteiger partial charge in [-0.1, -0.05) is 12.1 Å². The van der Waals surface area contributed by atoms with Crippen LogP contribution in [0.15, 0.2) is 40.1 Å². The van der Waals surface area contributed by atoms with Crippen LogP contribution in [0.2, 0.25) is 0 Å². The van der Waals surface area contributed by atoms with E-state index >= 15 is 0 Å². The second-order valence-electron chi connectivity index (χ2n) is 5.62. The maximum absolute atomic E-state index is 12.4. The Kier molecular flexibility index (Phi) is 4.42. The van der Waals surface area contributed by atoms with Gasteiger partial charge in [0.05, 0.1) is 28.6 Å². The minimum absolute atomic E-state index is 0.0932. The molecule has 0 aliphatic heterocycles. The van der Waals surface area contributed by atoms with Crippen molar-refractivity contribution in [1.29, 1.82) is 0 Å². The number of anilines is 1. The highest BCUT2D eigenvalue weighted by Crippen LogP contribution is 2.07. The van der Waals surface area contributed by atoms with Crippen LogP contribution in [0.4, 0.5) is 5.95 Å². The van der Waals surface area contributed by atoms with Crippen LogP contribution in [0.1, 0.15) is 23.0 Å². The fourth-order valence-electron chi connectivity index (χ4n) is 2.58. The summed E-state index contributed by atoms with van der Waals surface area (Å²) in [6, 6.07) is 6.68. The van der Waals surface area contributed by atoms with Crippen LogP contribution < -0.4 is 16.4 Å². The predicted molar refractivity (Wildman–Crippen MR) is 94.1 cm³/mol. The molecule has 0 amide bonds. The Hall–Kier alpha value is -3.29. The normalized spacial score (nSPS) is 10.8. The van der Waals surface area contributed by atoms with Gasteiger partial charge in [0.2, 0.25) is 5.95 Å². The lowest BCUT2D eigenvalue weighted by atomic mass is 10.2. The Morgan fingerprint density at radius 3 is 2.64 bits per heavy atom. The molecule has 128 valence electrons. The number of aryl methyl sites for hydroxylation is 1. The van der Waals surface area contributed by atoms with E-state index in [1.165, 1.54) is 17.8 Å². The highest BCUT2D eigenvalue weighted by molar-refractivity contribution is 5.94. The number of benzene rings is 1. The number of H-pyrrole nitrogens is 1. The van der Waals surface area contributed by atoms with Crippen molar-refractivity contribution in [1.82, 2.24) is 19.7 Å². The molecule has 2 N–H and O–H groups in total. The second-order valence-corrected chi connectivity index (χ2v) is 5.62. The zero-order chi connectivity index (χ0) is 18.0. The van der Waals surface area contributed by atoms with E-state index in [-0.39, 0.29) is 23.4 Å². The summed E-state index contributed by atoms with van der Waals surface area (Å²) in [5.74, 6) is 0.267. The zero-order valence-corrected chi connectivity index (χ0v) is 13.9. The lowest BCUT2D eigenvalue weighted by Gasteiger charge is -2.09. The van der Waals surface area contributed by atoms with Crippen molar-refractivity contribution in [3.63, 3.8) is 0 Å². The molecule has 1 aromatic carbocycles. The smallest absolute Gasteiger partial charge is 0.273 e. The van der Waals surface area contributed by atoms with Crippen molar-refractivity contribution in [2.45, 2.75) is 20.4 Å². The van der Waals surface area contributed by atoms with Gasteiger partial charge >= 0.3 is 0 Å². The summed E-state index contributed by atoms with van der Waals surface area (Å²) in [5.41, 5.74) is 0.482. The van der Waals surface area contributed by atoms with E-state index in [0.717, 1.165) is 0 Å². The van der Waals surface area contributed by atoms with Crippen LogP contribution in [0.5, 0.6) is 0 Å². The molecular weight excluding hydrogens is 322 g/mol. The van der Waals surface area contributed by atoms with Crippen molar-refractivity contribution in [3.05, 3.63) is 62.4 Å². The predicted octanol–water partition coefficient (Wildman–Crippen LogP) is 1.10. The number of hydrogen-bond donors (Lipinski definition) is 2. The minimum atomic E-state index is -0.312. The van der Waals surface area contributed by atoms with Gasteiger partial charge < -0.3 is 5.32 Å². The molecule has 8 heteroatoms. The van der Waals surface area contributed by atoms with E-state index in [1.54, 1.807) is 31.2 Å². The van der Waals surface area contributed by atoms with Crippen molar-refractivity contribution in [2.24, 2.45) is 0 Å². The lowest BCUT2D eigenvalue weighted by molar-refractivity contribution is 0.101. The summed E-state index contributed by atoms with van der Waals surface area (Å²) >= 11 is 0. The topological polar surface area (TPSA) is 110 Å². The highest BCUT2D eigenvalue weighted by Gasteiger charge is 2.08. The molecule has 0 atom stereocenters. The molecule has 0 bridgehead atoms. The molecule has 0 unspecified atom stereocenters. The molecule has 25 heavy (non-hydrogen) atoms. The van der Waals surface area contributed by atoms with Crippen LogP contribution in [0, 0.1) is 6.92 Å². The number of Topliss-reactive ketones (excluding diaryl/α,β-unsaturated/α-hetero) is 1. The van der Waals surface area contributed by atoms with E-state index in [4.69, 9.17) is 0 Å².